The summed E-state index contributed by atoms with van der Waals surface area (Å²) in [6, 6.07) is 18.3. The molecule has 1 aliphatic rings. The molecule has 1 fully saturated rings. The fourth-order valence-corrected chi connectivity index (χ4v) is 4.64. The summed E-state index contributed by atoms with van der Waals surface area (Å²) in [7, 11) is 1.34. The van der Waals surface area contributed by atoms with Gasteiger partial charge >= 0.3 is 5.97 Å². The predicted molar refractivity (Wildman–Crippen MR) is 123 cm³/mol. The number of hydrogen-bond donors (Lipinski definition) is 1. The van der Waals surface area contributed by atoms with Crippen LogP contribution in [0.25, 0.3) is 28.0 Å². The second kappa shape index (κ2) is 8.63. The molecule has 1 aromatic carbocycles. The Morgan fingerprint density at radius 1 is 1.03 bits per heavy atom. The molecule has 1 saturated carbocycles. The molecule has 0 bridgehead atoms. The molecule has 5 rings (SSSR count). The lowest BCUT2D eigenvalue weighted by atomic mass is 9.84. The minimum atomic E-state index is -0.874. The molecule has 33 heavy (non-hydrogen) atoms. The lowest BCUT2D eigenvalue weighted by molar-refractivity contribution is -0.148. The van der Waals surface area contributed by atoms with Crippen molar-refractivity contribution in [1.29, 1.82) is 0 Å². The highest BCUT2D eigenvalue weighted by atomic mass is 16.5. The van der Waals surface area contributed by atoms with Gasteiger partial charge in [-0.3, -0.25) is 9.59 Å². The van der Waals surface area contributed by atoms with Crippen molar-refractivity contribution in [2.45, 2.75) is 31.4 Å². The van der Waals surface area contributed by atoms with Gasteiger partial charge in [0.25, 0.3) is 5.56 Å². The molecule has 3 aromatic heterocycles. The molecule has 0 radical (unpaired) electrons. The first-order chi connectivity index (χ1) is 16.1. The Labute approximate surface area is 190 Å². The third-order valence-electron chi connectivity index (χ3n) is 6.30. The molecule has 0 amide bonds. The summed E-state index contributed by atoms with van der Waals surface area (Å²) in [5.74, 6) is -0.704. The number of rotatable bonds is 4. The number of nitrogens with zero attached hydrogens (tertiary/aromatic N) is 4. The number of pyridine rings is 1. The van der Waals surface area contributed by atoms with Crippen LogP contribution in [0.2, 0.25) is 0 Å². The molecular formula is C25H24N4O4. The third-order valence-corrected chi connectivity index (χ3v) is 6.30. The maximum atomic E-state index is 12.8. The Hall–Kier alpha value is -3.78. The predicted octanol–water partition coefficient (Wildman–Crippen LogP) is 3.10. The molecule has 8 nitrogen and oxygen atoms in total. The second-order valence-corrected chi connectivity index (χ2v) is 8.29. The Kier molecular flexibility index (Phi) is 5.51. The Morgan fingerprint density at radius 3 is 2.58 bits per heavy atom. The van der Waals surface area contributed by atoms with Crippen LogP contribution in [0.15, 0.2) is 71.7 Å². The Bertz CT molecular complexity index is 1360. The lowest BCUT2D eigenvalue weighted by Gasteiger charge is -2.32. The van der Waals surface area contributed by atoms with Gasteiger partial charge in [0.2, 0.25) is 0 Å². The minimum absolute atomic E-state index is 0.238. The van der Waals surface area contributed by atoms with Crippen molar-refractivity contribution >= 4 is 11.5 Å². The highest BCUT2D eigenvalue weighted by Gasteiger charge is 2.35. The average Bonchev–Trinajstić information content (AvgIpc) is 3.24. The van der Waals surface area contributed by atoms with Crippen LogP contribution in [0.1, 0.15) is 25.3 Å². The summed E-state index contributed by atoms with van der Waals surface area (Å²) in [4.78, 5) is 24.7. The summed E-state index contributed by atoms with van der Waals surface area (Å²) in [5, 5.41) is 20.2. The van der Waals surface area contributed by atoms with Crippen LogP contribution in [0.4, 0.5) is 0 Å². The number of hydrogen-bond acceptors (Lipinski definition) is 6. The standard InChI is InChI=1S/C25H24N4O4/c1-33-25(32)17-10-12-19(21(30)15-17)29-22(31)13-11-18(26-29)23-20-9-5-6-14-28(20)27-24(23)16-7-3-2-4-8-16/h2-9,11,13-14,17,19,21,30H,10,12,15H2,1H3. The molecule has 4 aromatic rings. The Balaban J connectivity index is 1.60. The van der Waals surface area contributed by atoms with E-state index >= 15 is 0 Å². The first-order valence-electron chi connectivity index (χ1n) is 11.0. The molecule has 168 valence electrons. The van der Waals surface area contributed by atoms with Gasteiger partial charge in [0.05, 0.1) is 41.9 Å². The topological polar surface area (TPSA) is 98.7 Å². The number of fused-ring (bicyclic) bond motifs is 1. The number of aliphatic hydroxyl groups is 1. The molecular weight excluding hydrogens is 420 g/mol. The van der Waals surface area contributed by atoms with Crippen LogP contribution in [0, 0.1) is 5.92 Å². The van der Waals surface area contributed by atoms with Crippen molar-refractivity contribution < 1.29 is 14.6 Å². The molecule has 3 unspecified atom stereocenters. The highest BCUT2D eigenvalue weighted by molar-refractivity contribution is 5.90. The first-order valence-corrected chi connectivity index (χ1v) is 11.0. The molecule has 3 heterocycles. The number of esters is 1. The van der Waals surface area contributed by atoms with Gasteiger partial charge in [-0.05, 0) is 37.5 Å². The van der Waals surface area contributed by atoms with Crippen LogP contribution in [-0.4, -0.2) is 43.7 Å². The monoisotopic (exact) mass is 444 g/mol. The first kappa shape index (κ1) is 21.1. The molecule has 0 spiro atoms. The van der Waals surface area contributed by atoms with Crippen molar-refractivity contribution in [3.8, 4) is 22.5 Å². The SMILES string of the molecule is COC(=O)C1CCC(n2nc(-c3c(-c4ccccc4)nn4ccccc34)ccc2=O)C(O)C1. The van der Waals surface area contributed by atoms with Gasteiger partial charge in [0.1, 0.15) is 5.69 Å². The van der Waals surface area contributed by atoms with E-state index in [0.717, 1.165) is 22.3 Å². The summed E-state index contributed by atoms with van der Waals surface area (Å²) in [5.41, 5.74) is 3.68. The number of ether oxygens (including phenoxy) is 1. The van der Waals surface area contributed by atoms with Crippen LogP contribution < -0.4 is 5.56 Å². The summed E-state index contributed by atoms with van der Waals surface area (Å²) in [6.45, 7) is 0. The quantitative estimate of drug-likeness (QED) is 0.486. The van der Waals surface area contributed by atoms with E-state index in [1.54, 1.807) is 10.6 Å². The number of carbonyl (C=O) groups excluding carboxylic acids is 1. The van der Waals surface area contributed by atoms with E-state index in [2.05, 4.69) is 5.10 Å². The molecule has 8 heteroatoms. The van der Waals surface area contributed by atoms with Crippen LogP contribution in [0.5, 0.6) is 0 Å². The zero-order valence-electron chi connectivity index (χ0n) is 18.2. The Morgan fingerprint density at radius 2 is 1.82 bits per heavy atom. The van der Waals surface area contributed by atoms with Crippen molar-refractivity contribution in [3.63, 3.8) is 0 Å². The highest BCUT2D eigenvalue weighted by Crippen LogP contribution is 2.35. The number of aromatic nitrogens is 4. The van der Waals surface area contributed by atoms with Crippen molar-refractivity contribution in [3.05, 3.63) is 77.2 Å². The molecule has 3 atom stereocenters. The summed E-state index contributed by atoms with van der Waals surface area (Å²) < 4.78 is 7.98. The summed E-state index contributed by atoms with van der Waals surface area (Å²) in [6.07, 6.45) is 2.22. The van der Waals surface area contributed by atoms with Crippen LogP contribution in [0.3, 0.4) is 0 Å². The van der Waals surface area contributed by atoms with E-state index in [9.17, 15) is 14.7 Å². The molecule has 0 saturated heterocycles. The maximum Gasteiger partial charge on any atom is 0.308 e. The largest absolute Gasteiger partial charge is 0.469 e. The zero-order valence-corrected chi connectivity index (χ0v) is 18.2. The van der Waals surface area contributed by atoms with Gasteiger partial charge < -0.3 is 9.84 Å². The van der Waals surface area contributed by atoms with Crippen molar-refractivity contribution in [2.24, 2.45) is 5.92 Å². The van der Waals surface area contributed by atoms with Crippen LogP contribution >= 0.6 is 0 Å². The van der Waals surface area contributed by atoms with E-state index in [1.807, 2.05) is 54.7 Å². The number of carbonyl (C=O) groups is 1. The lowest BCUT2D eigenvalue weighted by Crippen LogP contribution is -2.40. The average molecular weight is 444 g/mol. The summed E-state index contributed by atoms with van der Waals surface area (Å²) >= 11 is 0. The number of benzene rings is 1. The normalized spacial score (nSPS) is 20.6. The smallest absolute Gasteiger partial charge is 0.308 e. The third kappa shape index (κ3) is 3.82. The minimum Gasteiger partial charge on any atom is -0.469 e. The maximum absolute atomic E-state index is 12.8. The van der Waals surface area contributed by atoms with Gasteiger partial charge in [-0.25, -0.2) is 9.20 Å². The van der Waals surface area contributed by atoms with Gasteiger partial charge in [-0.1, -0.05) is 36.4 Å². The fourth-order valence-electron chi connectivity index (χ4n) is 4.64. The van der Waals surface area contributed by atoms with Gasteiger partial charge in [0, 0.05) is 17.8 Å². The zero-order chi connectivity index (χ0) is 22.9. The number of methoxy groups -OCH3 is 1. The van der Waals surface area contributed by atoms with Gasteiger partial charge in [0.15, 0.2) is 0 Å². The van der Waals surface area contributed by atoms with Crippen molar-refractivity contribution in [1.82, 2.24) is 19.4 Å². The molecule has 0 aliphatic heterocycles. The van der Waals surface area contributed by atoms with Gasteiger partial charge in [-0.15, -0.1) is 0 Å². The number of aliphatic hydroxyl groups excluding tert-OH is 1. The molecule has 1 N–H and O–H groups in total. The van der Waals surface area contributed by atoms with E-state index < -0.39 is 12.1 Å². The van der Waals surface area contributed by atoms with E-state index in [-0.39, 0.29) is 23.9 Å². The van der Waals surface area contributed by atoms with Crippen molar-refractivity contribution in [2.75, 3.05) is 7.11 Å². The van der Waals surface area contributed by atoms with E-state index in [4.69, 9.17) is 9.84 Å². The van der Waals surface area contributed by atoms with E-state index in [1.165, 1.54) is 17.9 Å². The van der Waals surface area contributed by atoms with Gasteiger partial charge in [-0.2, -0.15) is 10.2 Å². The fraction of sp³-hybridized carbons (Fsp3) is 0.280. The van der Waals surface area contributed by atoms with Crippen LogP contribution in [-0.2, 0) is 9.53 Å². The van der Waals surface area contributed by atoms with E-state index in [0.29, 0.717) is 18.5 Å². The molecule has 1 aliphatic carbocycles. The second-order valence-electron chi connectivity index (χ2n) is 8.29.